The second-order valence-corrected chi connectivity index (χ2v) is 5.25. The van der Waals surface area contributed by atoms with E-state index in [1.807, 2.05) is 0 Å². The zero-order valence-electron chi connectivity index (χ0n) is 12.9. The van der Waals surface area contributed by atoms with Gasteiger partial charge in [0, 0.05) is 0 Å². The molecule has 0 radical (unpaired) electrons. The molecular weight excluding hydrogens is 313 g/mol. The zero-order chi connectivity index (χ0) is 17.1. The van der Waals surface area contributed by atoms with Gasteiger partial charge in [0.25, 0.3) is 5.91 Å². The fraction of sp³-hybridized carbons (Fsp3) is 0.176. The molecule has 24 heavy (non-hydrogen) atoms. The lowest BCUT2D eigenvalue weighted by molar-refractivity contribution is 0.0900. The quantitative estimate of drug-likeness (QED) is 0.753. The number of para-hydroxylation sites is 1. The maximum Gasteiger partial charge on any atom is 0.254 e. The van der Waals surface area contributed by atoms with Crippen LogP contribution in [0.4, 0.5) is 4.39 Å². The van der Waals surface area contributed by atoms with Crippen LogP contribution in [-0.2, 0) is 0 Å². The summed E-state index contributed by atoms with van der Waals surface area (Å²) < 4.78 is 20.3. The number of halogens is 1. The van der Waals surface area contributed by atoms with Crippen LogP contribution in [0.3, 0.4) is 0 Å². The van der Waals surface area contributed by atoms with Crippen molar-refractivity contribution in [3.05, 3.63) is 71.7 Å². The molecule has 0 aliphatic rings. The summed E-state index contributed by atoms with van der Waals surface area (Å²) >= 11 is 0. The minimum Gasteiger partial charge on any atom is -0.467 e. The molecule has 1 aromatic carbocycles. The number of nitrogens with one attached hydrogen (secondary N) is 1. The van der Waals surface area contributed by atoms with Gasteiger partial charge in [-0.2, -0.15) is 5.10 Å². The number of benzene rings is 1. The lowest BCUT2D eigenvalue weighted by atomic mass is 10.2. The first kappa shape index (κ1) is 15.9. The standard InChI is InChI=1S/C17H16FN3O3/c1-11-12(9-20-21(11)14-6-3-2-5-13(14)18)17(23)19-10-15(22)16-7-4-8-24-16/h2-9,15,22H,10H2,1H3,(H,19,23). The number of hydrogen-bond acceptors (Lipinski definition) is 4. The summed E-state index contributed by atoms with van der Waals surface area (Å²) in [5.41, 5.74) is 1.08. The van der Waals surface area contributed by atoms with Gasteiger partial charge in [-0.1, -0.05) is 12.1 Å². The van der Waals surface area contributed by atoms with E-state index in [-0.39, 0.29) is 12.2 Å². The monoisotopic (exact) mass is 329 g/mol. The van der Waals surface area contributed by atoms with Crippen molar-refractivity contribution >= 4 is 5.91 Å². The molecule has 2 N–H and O–H groups in total. The Morgan fingerprint density at radius 2 is 2.17 bits per heavy atom. The number of aliphatic hydroxyl groups is 1. The first-order valence-corrected chi connectivity index (χ1v) is 7.37. The second-order valence-electron chi connectivity index (χ2n) is 5.25. The Bertz CT molecular complexity index is 843. The number of hydrogen-bond donors (Lipinski definition) is 2. The van der Waals surface area contributed by atoms with Crippen LogP contribution in [0, 0.1) is 12.7 Å². The van der Waals surface area contributed by atoms with Crippen molar-refractivity contribution in [1.82, 2.24) is 15.1 Å². The van der Waals surface area contributed by atoms with E-state index in [0.29, 0.717) is 17.0 Å². The van der Waals surface area contributed by atoms with E-state index in [2.05, 4.69) is 10.4 Å². The molecule has 0 fully saturated rings. The van der Waals surface area contributed by atoms with Gasteiger partial charge in [-0.15, -0.1) is 0 Å². The minimum absolute atomic E-state index is 0.00331. The third kappa shape index (κ3) is 3.07. The van der Waals surface area contributed by atoms with Crippen molar-refractivity contribution in [1.29, 1.82) is 0 Å². The molecular formula is C17H16FN3O3. The Kier molecular flexibility index (Phi) is 4.43. The molecule has 0 bridgehead atoms. The first-order valence-electron chi connectivity index (χ1n) is 7.37. The van der Waals surface area contributed by atoms with E-state index in [9.17, 15) is 14.3 Å². The van der Waals surface area contributed by atoms with Crippen LogP contribution in [0.25, 0.3) is 5.69 Å². The van der Waals surface area contributed by atoms with E-state index in [4.69, 9.17) is 4.42 Å². The van der Waals surface area contributed by atoms with Crippen LogP contribution < -0.4 is 5.32 Å². The summed E-state index contributed by atoms with van der Waals surface area (Å²) in [7, 11) is 0. The molecule has 0 aliphatic carbocycles. The minimum atomic E-state index is -0.939. The van der Waals surface area contributed by atoms with Crippen molar-refractivity contribution in [2.75, 3.05) is 6.54 Å². The third-order valence-electron chi connectivity index (χ3n) is 3.66. The summed E-state index contributed by atoms with van der Waals surface area (Å²) in [6, 6.07) is 9.47. The SMILES string of the molecule is Cc1c(C(=O)NCC(O)c2ccco2)cnn1-c1ccccc1F. The largest absolute Gasteiger partial charge is 0.467 e. The topological polar surface area (TPSA) is 80.3 Å². The predicted octanol–water partition coefficient (Wildman–Crippen LogP) is 2.38. The van der Waals surface area contributed by atoms with Gasteiger partial charge in [-0.3, -0.25) is 4.79 Å². The zero-order valence-corrected chi connectivity index (χ0v) is 12.9. The molecule has 2 heterocycles. The number of rotatable bonds is 5. The maximum absolute atomic E-state index is 13.9. The highest BCUT2D eigenvalue weighted by Crippen LogP contribution is 2.17. The average molecular weight is 329 g/mol. The van der Waals surface area contributed by atoms with Crippen LogP contribution in [0.5, 0.6) is 0 Å². The molecule has 124 valence electrons. The average Bonchev–Trinajstić information content (AvgIpc) is 3.23. The van der Waals surface area contributed by atoms with Gasteiger partial charge in [-0.25, -0.2) is 9.07 Å². The highest BCUT2D eigenvalue weighted by atomic mass is 19.1. The lowest BCUT2D eigenvalue weighted by Gasteiger charge is -2.10. The number of amides is 1. The van der Waals surface area contributed by atoms with Crippen LogP contribution in [0.2, 0.25) is 0 Å². The van der Waals surface area contributed by atoms with Gasteiger partial charge < -0.3 is 14.8 Å². The van der Waals surface area contributed by atoms with Crippen LogP contribution >= 0.6 is 0 Å². The summed E-state index contributed by atoms with van der Waals surface area (Å²) in [6.45, 7) is 1.67. The summed E-state index contributed by atoms with van der Waals surface area (Å²) in [6.07, 6.45) is 1.88. The number of carbonyl (C=O) groups is 1. The first-order chi connectivity index (χ1) is 11.6. The van der Waals surface area contributed by atoms with Crippen LogP contribution in [0.15, 0.2) is 53.3 Å². The van der Waals surface area contributed by atoms with Crippen LogP contribution in [-0.4, -0.2) is 27.3 Å². The Morgan fingerprint density at radius 3 is 2.88 bits per heavy atom. The van der Waals surface area contributed by atoms with Gasteiger partial charge in [0.2, 0.25) is 0 Å². The summed E-state index contributed by atoms with van der Waals surface area (Å²) in [5, 5.41) is 16.6. The lowest BCUT2D eigenvalue weighted by Crippen LogP contribution is -2.28. The van der Waals surface area contributed by atoms with E-state index in [1.165, 1.54) is 23.2 Å². The van der Waals surface area contributed by atoms with E-state index >= 15 is 0 Å². The molecule has 0 aliphatic heterocycles. The van der Waals surface area contributed by atoms with Crippen molar-refractivity contribution < 1.29 is 18.7 Å². The molecule has 6 nitrogen and oxygen atoms in total. The Morgan fingerprint density at radius 1 is 1.38 bits per heavy atom. The molecule has 7 heteroatoms. The molecule has 1 amide bonds. The third-order valence-corrected chi connectivity index (χ3v) is 3.66. The van der Waals surface area contributed by atoms with Gasteiger partial charge in [0.05, 0.1) is 30.3 Å². The fourth-order valence-electron chi connectivity index (χ4n) is 2.36. The normalized spacial score (nSPS) is 12.1. The van der Waals surface area contributed by atoms with Crippen molar-refractivity contribution in [2.24, 2.45) is 0 Å². The Balaban J connectivity index is 1.74. The van der Waals surface area contributed by atoms with Gasteiger partial charge >= 0.3 is 0 Å². The smallest absolute Gasteiger partial charge is 0.254 e. The number of carbonyl (C=O) groups excluding carboxylic acids is 1. The molecule has 1 unspecified atom stereocenters. The Hall–Kier alpha value is -2.93. The second kappa shape index (κ2) is 6.67. The maximum atomic E-state index is 13.9. The molecule has 0 saturated carbocycles. The van der Waals surface area contributed by atoms with Gasteiger partial charge in [0.15, 0.2) is 0 Å². The van der Waals surface area contributed by atoms with Gasteiger partial charge in [0.1, 0.15) is 23.4 Å². The van der Waals surface area contributed by atoms with E-state index in [1.54, 1.807) is 37.3 Å². The number of aliphatic hydroxyl groups excluding tert-OH is 1. The van der Waals surface area contributed by atoms with Crippen molar-refractivity contribution in [3.8, 4) is 5.69 Å². The predicted molar refractivity (Wildman–Crippen MR) is 84.3 cm³/mol. The van der Waals surface area contributed by atoms with Crippen LogP contribution in [0.1, 0.15) is 27.9 Å². The fourth-order valence-corrected chi connectivity index (χ4v) is 2.36. The molecule has 2 aromatic heterocycles. The molecule has 0 saturated heterocycles. The number of nitrogens with zero attached hydrogens (tertiary/aromatic N) is 2. The number of aromatic nitrogens is 2. The highest BCUT2D eigenvalue weighted by Gasteiger charge is 2.18. The molecule has 3 aromatic rings. The molecule has 3 rings (SSSR count). The Labute approximate surface area is 137 Å². The summed E-state index contributed by atoms with van der Waals surface area (Å²) in [4.78, 5) is 12.3. The highest BCUT2D eigenvalue weighted by molar-refractivity contribution is 5.95. The summed E-state index contributed by atoms with van der Waals surface area (Å²) in [5.74, 6) is -0.460. The molecule has 0 spiro atoms. The van der Waals surface area contributed by atoms with Gasteiger partial charge in [-0.05, 0) is 31.2 Å². The van der Waals surface area contributed by atoms with E-state index < -0.39 is 17.8 Å². The van der Waals surface area contributed by atoms with E-state index in [0.717, 1.165) is 0 Å². The number of furan rings is 1. The van der Waals surface area contributed by atoms with Crippen molar-refractivity contribution in [3.63, 3.8) is 0 Å². The molecule has 1 atom stereocenters. The van der Waals surface area contributed by atoms with Crippen molar-refractivity contribution in [2.45, 2.75) is 13.0 Å².